The molecular weight excluding hydrogens is 180 g/mol. The lowest BCUT2D eigenvalue weighted by Crippen LogP contribution is -1.97. The molecule has 0 heterocycles. The highest BCUT2D eigenvalue weighted by atomic mass is 16.5. The summed E-state index contributed by atoms with van der Waals surface area (Å²) in [7, 11) is 1.62. The third-order valence-electron chi connectivity index (χ3n) is 1.81. The molecule has 0 aliphatic carbocycles. The Morgan fingerprint density at radius 3 is 2.79 bits per heavy atom. The first-order chi connectivity index (χ1) is 6.81. The molecule has 0 saturated heterocycles. The summed E-state index contributed by atoms with van der Waals surface area (Å²) in [6.45, 7) is 2.95. The van der Waals surface area contributed by atoms with Gasteiger partial charge in [0.1, 0.15) is 5.75 Å². The highest BCUT2D eigenvalue weighted by Crippen LogP contribution is 2.18. The van der Waals surface area contributed by atoms with Crippen molar-refractivity contribution in [2.45, 2.75) is 13.5 Å². The van der Waals surface area contributed by atoms with Crippen LogP contribution in [0.15, 0.2) is 18.2 Å². The monoisotopic (exact) mass is 194 g/mol. The molecule has 0 aliphatic heterocycles. The number of carbonyl (C=O) groups is 1. The van der Waals surface area contributed by atoms with Crippen LogP contribution in [0.25, 0.3) is 0 Å². The van der Waals surface area contributed by atoms with Gasteiger partial charge in [0.05, 0.1) is 18.8 Å². The molecule has 0 spiro atoms. The predicted octanol–water partition coefficient (Wildman–Crippen LogP) is 2.04. The first-order valence-corrected chi connectivity index (χ1v) is 4.51. The van der Waals surface area contributed by atoms with Crippen LogP contribution in [0.2, 0.25) is 0 Å². The van der Waals surface area contributed by atoms with Gasteiger partial charge in [0, 0.05) is 7.11 Å². The summed E-state index contributed by atoms with van der Waals surface area (Å²) >= 11 is 0. The van der Waals surface area contributed by atoms with Gasteiger partial charge in [-0.15, -0.1) is 0 Å². The van der Waals surface area contributed by atoms with Gasteiger partial charge in [-0.2, -0.15) is 0 Å². The van der Waals surface area contributed by atoms with Crippen LogP contribution < -0.4 is 4.74 Å². The second-order valence-electron chi connectivity index (χ2n) is 2.86. The number of hydrogen-bond donors (Lipinski definition) is 0. The van der Waals surface area contributed by atoms with Crippen molar-refractivity contribution in [2.75, 3.05) is 13.7 Å². The molecule has 0 aromatic heterocycles. The van der Waals surface area contributed by atoms with E-state index >= 15 is 0 Å². The summed E-state index contributed by atoms with van der Waals surface area (Å²) < 4.78 is 10.3. The first-order valence-electron chi connectivity index (χ1n) is 4.51. The van der Waals surface area contributed by atoms with Gasteiger partial charge >= 0.3 is 0 Å². The number of carbonyl (C=O) groups excluding carboxylic acids is 1. The summed E-state index contributed by atoms with van der Waals surface area (Å²) in [5.74, 6) is 0.627. The summed E-state index contributed by atoms with van der Waals surface area (Å²) in [4.78, 5) is 10.7. The fraction of sp³-hybridized carbons (Fsp3) is 0.364. The van der Waals surface area contributed by atoms with E-state index < -0.39 is 0 Å². The Hall–Kier alpha value is -1.35. The van der Waals surface area contributed by atoms with Crippen LogP contribution in [0.4, 0.5) is 0 Å². The fourth-order valence-corrected chi connectivity index (χ4v) is 1.23. The van der Waals surface area contributed by atoms with Gasteiger partial charge in [-0.05, 0) is 24.6 Å². The van der Waals surface area contributed by atoms with Crippen LogP contribution in [-0.2, 0) is 11.3 Å². The van der Waals surface area contributed by atoms with Gasteiger partial charge in [-0.25, -0.2) is 0 Å². The minimum atomic E-state index is 0.507. The van der Waals surface area contributed by atoms with Crippen LogP contribution in [0.3, 0.4) is 0 Å². The molecule has 3 heteroatoms. The summed E-state index contributed by atoms with van der Waals surface area (Å²) in [5, 5.41) is 0. The van der Waals surface area contributed by atoms with Crippen molar-refractivity contribution in [3.8, 4) is 5.75 Å². The Kier molecular flexibility index (Phi) is 4.13. The molecule has 0 N–H and O–H groups in total. The summed E-state index contributed by atoms with van der Waals surface area (Å²) in [6, 6.07) is 5.46. The number of methoxy groups -OCH3 is 1. The van der Waals surface area contributed by atoms with Crippen molar-refractivity contribution in [3.05, 3.63) is 29.3 Å². The Labute approximate surface area is 83.6 Å². The van der Waals surface area contributed by atoms with Crippen molar-refractivity contribution < 1.29 is 14.3 Å². The normalized spacial score (nSPS) is 9.86. The van der Waals surface area contributed by atoms with Gasteiger partial charge in [0.25, 0.3) is 0 Å². The zero-order valence-electron chi connectivity index (χ0n) is 8.45. The molecule has 0 saturated carbocycles. The second-order valence-corrected chi connectivity index (χ2v) is 2.86. The van der Waals surface area contributed by atoms with Crippen LogP contribution in [0.1, 0.15) is 22.8 Å². The molecule has 14 heavy (non-hydrogen) atoms. The zero-order valence-corrected chi connectivity index (χ0v) is 8.45. The molecule has 0 unspecified atom stereocenters. The molecule has 0 aliphatic rings. The van der Waals surface area contributed by atoms with Crippen LogP contribution >= 0.6 is 0 Å². The highest BCUT2D eigenvalue weighted by Gasteiger charge is 2.03. The lowest BCUT2D eigenvalue weighted by molar-refractivity contribution is 0.111. The molecule has 1 aromatic carbocycles. The lowest BCUT2D eigenvalue weighted by atomic mass is 10.1. The van der Waals surface area contributed by atoms with Crippen LogP contribution in [-0.4, -0.2) is 20.0 Å². The average molecular weight is 194 g/mol. The molecule has 0 fully saturated rings. The minimum Gasteiger partial charge on any atom is -0.493 e. The van der Waals surface area contributed by atoms with E-state index in [4.69, 9.17) is 9.47 Å². The van der Waals surface area contributed by atoms with Crippen molar-refractivity contribution in [3.63, 3.8) is 0 Å². The lowest BCUT2D eigenvalue weighted by Gasteiger charge is -2.07. The van der Waals surface area contributed by atoms with E-state index in [1.807, 2.05) is 13.0 Å². The molecular formula is C11H14O3. The molecule has 1 rings (SSSR count). The molecule has 0 bridgehead atoms. The van der Waals surface area contributed by atoms with Gasteiger partial charge < -0.3 is 9.47 Å². The van der Waals surface area contributed by atoms with Gasteiger partial charge in [-0.3, -0.25) is 4.79 Å². The van der Waals surface area contributed by atoms with Crippen molar-refractivity contribution in [1.82, 2.24) is 0 Å². The minimum absolute atomic E-state index is 0.507. The second kappa shape index (κ2) is 5.40. The molecule has 0 amide bonds. The van der Waals surface area contributed by atoms with Crippen molar-refractivity contribution in [2.24, 2.45) is 0 Å². The van der Waals surface area contributed by atoms with E-state index in [9.17, 15) is 4.79 Å². The topological polar surface area (TPSA) is 35.5 Å². The Balaban J connectivity index is 2.92. The highest BCUT2D eigenvalue weighted by molar-refractivity contribution is 5.79. The third kappa shape index (κ3) is 2.57. The van der Waals surface area contributed by atoms with E-state index in [1.165, 1.54) is 0 Å². The van der Waals surface area contributed by atoms with E-state index in [1.54, 1.807) is 19.2 Å². The molecule has 1 aromatic rings. The third-order valence-corrected chi connectivity index (χ3v) is 1.81. The molecule has 0 radical (unpaired) electrons. The van der Waals surface area contributed by atoms with Crippen LogP contribution in [0.5, 0.6) is 5.75 Å². The number of ether oxygens (including phenoxy) is 2. The number of rotatable bonds is 5. The van der Waals surface area contributed by atoms with E-state index in [-0.39, 0.29) is 0 Å². The van der Waals surface area contributed by atoms with E-state index in [2.05, 4.69) is 0 Å². The number of hydrogen-bond acceptors (Lipinski definition) is 3. The maximum atomic E-state index is 10.7. The van der Waals surface area contributed by atoms with Gasteiger partial charge in [0.15, 0.2) is 6.29 Å². The standard InChI is InChI=1S/C11H14O3/c1-3-14-11-5-4-9(8-13-2)6-10(11)7-12/h4-7H,3,8H2,1-2H3. The maximum absolute atomic E-state index is 10.7. The smallest absolute Gasteiger partial charge is 0.153 e. The summed E-state index contributed by atoms with van der Waals surface area (Å²) in [6.07, 6.45) is 0.796. The van der Waals surface area contributed by atoms with Gasteiger partial charge in [-0.1, -0.05) is 6.07 Å². The largest absolute Gasteiger partial charge is 0.493 e. The quantitative estimate of drug-likeness (QED) is 0.673. The maximum Gasteiger partial charge on any atom is 0.153 e. The van der Waals surface area contributed by atoms with E-state index in [0.29, 0.717) is 24.5 Å². The number of benzene rings is 1. The molecule has 76 valence electrons. The first kappa shape index (κ1) is 10.7. The Bertz CT molecular complexity index is 307. The molecule has 0 atom stereocenters. The Morgan fingerprint density at radius 2 is 2.21 bits per heavy atom. The zero-order chi connectivity index (χ0) is 10.4. The van der Waals surface area contributed by atoms with Crippen molar-refractivity contribution >= 4 is 6.29 Å². The SMILES string of the molecule is CCOc1ccc(COC)cc1C=O. The van der Waals surface area contributed by atoms with Crippen LogP contribution in [0, 0.1) is 0 Å². The predicted molar refractivity (Wildman–Crippen MR) is 53.7 cm³/mol. The number of aldehydes is 1. The van der Waals surface area contributed by atoms with E-state index in [0.717, 1.165) is 11.8 Å². The molecule has 3 nitrogen and oxygen atoms in total. The Morgan fingerprint density at radius 1 is 1.43 bits per heavy atom. The average Bonchev–Trinajstić information content (AvgIpc) is 2.21. The summed E-state index contributed by atoms with van der Waals surface area (Å²) in [5.41, 5.74) is 1.54. The van der Waals surface area contributed by atoms with Crippen molar-refractivity contribution in [1.29, 1.82) is 0 Å². The fourth-order valence-electron chi connectivity index (χ4n) is 1.23. The van der Waals surface area contributed by atoms with Gasteiger partial charge in [0.2, 0.25) is 0 Å².